The van der Waals surface area contributed by atoms with Gasteiger partial charge < -0.3 is 5.73 Å². The van der Waals surface area contributed by atoms with Crippen LogP contribution in [0.4, 0.5) is 0 Å². The van der Waals surface area contributed by atoms with Gasteiger partial charge in [0.05, 0.1) is 0 Å². The monoisotopic (exact) mass is 259 g/mol. The van der Waals surface area contributed by atoms with Gasteiger partial charge >= 0.3 is 0 Å². The second kappa shape index (κ2) is 6.03. The third kappa shape index (κ3) is 3.12. The Labute approximate surface area is 114 Å². The molecule has 0 aromatic heterocycles. The highest BCUT2D eigenvalue weighted by atomic mass is 35.5. The average Bonchev–Trinajstić information content (AvgIpc) is 2.38. The van der Waals surface area contributed by atoms with Crippen molar-refractivity contribution in [2.24, 2.45) is 5.73 Å². The Hall–Kier alpha value is -1.31. The van der Waals surface area contributed by atoms with Crippen molar-refractivity contribution in [2.45, 2.75) is 25.8 Å². The average molecular weight is 260 g/mol. The van der Waals surface area contributed by atoms with E-state index < -0.39 is 0 Å². The minimum Gasteiger partial charge on any atom is -0.324 e. The van der Waals surface area contributed by atoms with E-state index in [4.69, 9.17) is 17.3 Å². The zero-order chi connectivity index (χ0) is 13.0. The molecule has 2 rings (SSSR count). The van der Waals surface area contributed by atoms with E-state index in [9.17, 15) is 0 Å². The summed E-state index contributed by atoms with van der Waals surface area (Å²) < 4.78 is 0. The van der Waals surface area contributed by atoms with Gasteiger partial charge in [-0.2, -0.15) is 0 Å². The second-order valence-electron chi connectivity index (χ2n) is 4.59. The first-order valence-corrected chi connectivity index (χ1v) is 6.61. The van der Waals surface area contributed by atoms with Crippen molar-refractivity contribution in [3.8, 4) is 0 Å². The molecule has 0 aliphatic carbocycles. The Bertz CT molecular complexity index is 522. The van der Waals surface area contributed by atoms with Crippen LogP contribution in [-0.2, 0) is 6.42 Å². The third-order valence-corrected chi connectivity index (χ3v) is 3.63. The first-order chi connectivity index (χ1) is 8.68. The van der Waals surface area contributed by atoms with Gasteiger partial charge in [0.25, 0.3) is 0 Å². The van der Waals surface area contributed by atoms with Crippen LogP contribution in [0.5, 0.6) is 0 Å². The summed E-state index contributed by atoms with van der Waals surface area (Å²) in [5.41, 5.74) is 9.93. The lowest BCUT2D eigenvalue weighted by molar-refractivity contribution is 0.650. The molecule has 0 radical (unpaired) electrons. The lowest BCUT2D eigenvalue weighted by Crippen LogP contribution is -2.12. The Balaban J connectivity index is 2.03. The second-order valence-corrected chi connectivity index (χ2v) is 5.00. The lowest BCUT2D eigenvalue weighted by atomic mass is 9.97. The quantitative estimate of drug-likeness (QED) is 0.871. The lowest BCUT2D eigenvalue weighted by Gasteiger charge is -2.14. The van der Waals surface area contributed by atoms with Crippen molar-refractivity contribution in [2.75, 3.05) is 0 Å². The van der Waals surface area contributed by atoms with Gasteiger partial charge in [-0.1, -0.05) is 54.1 Å². The van der Waals surface area contributed by atoms with Crippen molar-refractivity contribution in [3.63, 3.8) is 0 Å². The molecular formula is C16H18ClN. The minimum atomic E-state index is -0.00157. The van der Waals surface area contributed by atoms with E-state index in [1.165, 1.54) is 11.1 Å². The van der Waals surface area contributed by atoms with Crippen LogP contribution in [0.25, 0.3) is 0 Å². The Kier molecular flexibility index (Phi) is 4.40. The van der Waals surface area contributed by atoms with Crippen LogP contribution in [-0.4, -0.2) is 0 Å². The number of hydrogen-bond donors (Lipinski definition) is 1. The first kappa shape index (κ1) is 13.1. The van der Waals surface area contributed by atoms with Crippen LogP contribution in [0.2, 0.25) is 5.02 Å². The van der Waals surface area contributed by atoms with Gasteiger partial charge in [-0.05, 0) is 42.5 Å². The van der Waals surface area contributed by atoms with E-state index in [1.54, 1.807) is 0 Å². The molecule has 2 heteroatoms. The van der Waals surface area contributed by atoms with Gasteiger partial charge in [-0.25, -0.2) is 0 Å². The number of rotatable bonds is 4. The van der Waals surface area contributed by atoms with Crippen molar-refractivity contribution >= 4 is 11.6 Å². The SMILES string of the molecule is Cc1ccccc1CCC(N)c1ccccc1Cl. The molecule has 0 aliphatic heterocycles. The number of nitrogens with two attached hydrogens (primary N) is 1. The van der Waals surface area contributed by atoms with Crippen LogP contribution < -0.4 is 5.73 Å². The molecule has 2 aromatic rings. The molecule has 18 heavy (non-hydrogen) atoms. The summed E-state index contributed by atoms with van der Waals surface area (Å²) in [5, 5.41) is 0.759. The molecule has 1 atom stereocenters. The summed E-state index contributed by atoms with van der Waals surface area (Å²) in [6, 6.07) is 16.2. The van der Waals surface area contributed by atoms with Crippen LogP contribution in [0.15, 0.2) is 48.5 Å². The zero-order valence-corrected chi connectivity index (χ0v) is 11.3. The highest BCUT2D eigenvalue weighted by Crippen LogP contribution is 2.24. The molecule has 1 unspecified atom stereocenters. The van der Waals surface area contributed by atoms with E-state index in [1.807, 2.05) is 24.3 Å². The van der Waals surface area contributed by atoms with E-state index >= 15 is 0 Å². The maximum atomic E-state index is 6.21. The molecule has 0 aliphatic rings. The molecule has 94 valence electrons. The Morgan fingerprint density at radius 1 is 1.06 bits per heavy atom. The fraction of sp³-hybridized carbons (Fsp3) is 0.250. The number of aryl methyl sites for hydroxylation is 2. The van der Waals surface area contributed by atoms with E-state index in [2.05, 4.69) is 31.2 Å². The van der Waals surface area contributed by atoms with Gasteiger partial charge in [0.15, 0.2) is 0 Å². The maximum absolute atomic E-state index is 6.21. The molecule has 2 N–H and O–H groups in total. The van der Waals surface area contributed by atoms with Gasteiger partial charge in [0.2, 0.25) is 0 Å². The Morgan fingerprint density at radius 2 is 1.72 bits per heavy atom. The zero-order valence-electron chi connectivity index (χ0n) is 10.6. The van der Waals surface area contributed by atoms with Gasteiger partial charge in [-0.3, -0.25) is 0 Å². The fourth-order valence-corrected chi connectivity index (χ4v) is 2.41. The molecule has 0 spiro atoms. The summed E-state index contributed by atoms with van der Waals surface area (Å²) in [4.78, 5) is 0. The number of halogens is 1. The molecule has 0 saturated carbocycles. The van der Waals surface area contributed by atoms with E-state index in [0.717, 1.165) is 23.4 Å². The molecule has 0 saturated heterocycles. The van der Waals surface area contributed by atoms with Crippen molar-refractivity contribution in [3.05, 3.63) is 70.2 Å². The molecule has 1 nitrogen and oxygen atoms in total. The highest BCUT2D eigenvalue weighted by Gasteiger charge is 2.10. The normalized spacial score (nSPS) is 12.4. The predicted molar refractivity (Wildman–Crippen MR) is 77.9 cm³/mol. The van der Waals surface area contributed by atoms with Crippen molar-refractivity contribution in [1.82, 2.24) is 0 Å². The fourth-order valence-electron chi connectivity index (χ4n) is 2.13. The van der Waals surface area contributed by atoms with Gasteiger partial charge in [0.1, 0.15) is 0 Å². The van der Waals surface area contributed by atoms with Crippen LogP contribution >= 0.6 is 11.6 Å². The first-order valence-electron chi connectivity index (χ1n) is 6.23. The third-order valence-electron chi connectivity index (χ3n) is 3.29. The van der Waals surface area contributed by atoms with Crippen LogP contribution in [0, 0.1) is 6.92 Å². The predicted octanol–water partition coefficient (Wildman–Crippen LogP) is 4.28. The molecule has 0 fully saturated rings. The van der Waals surface area contributed by atoms with E-state index in [0.29, 0.717) is 0 Å². The van der Waals surface area contributed by atoms with Gasteiger partial charge in [-0.15, -0.1) is 0 Å². The molecular weight excluding hydrogens is 242 g/mol. The topological polar surface area (TPSA) is 26.0 Å². The maximum Gasteiger partial charge on any atom is 0.0453 e. The van der Waals surface area contributed by atoms with Crippen LogP contribution in [0.1, 0.15) is 29.2 Å². The molecule has 0 amide bonds. The summed E-state index contributed by atoms with van der Waals surface area (Å²) >= 11 is 6.15. The van der Waals surface area contributed by atoms with Crippen molar-refractivity contribution in [1.29, 1.82) is 0 Å². The van der Waals surface area contributed by atoms with Crippen LogP contribution in [0.3, 0.4) is 0 Å². The summed E-state index contributed by atoms with van der Waals surface area (Å²) in [6.45, 7) is 2.14. The Morgan fingerprint density at radius 3 is 2.44 bits per heavy atom. The van der Waals surface area contributed by atoms with Crippen molar-refractivity contribution < 1.29 is 0 Å². The van der Waals surface area contributed by atoms with Gasteiger partial charge in [0, 0.05) is 11.1 Å². The minimum absolute atomic E-state index is 0.00157. The standard InChI is InChI=1S/C16H18ClN/c1-12-6-2-3-7-13(12)10-11-16(18)14-8-4-5-9-15(14)17/h2-9,16H,10-11,18H2,1H3. The summed E-state index contributed by atoms with van der Waals surface area (Å²) in [6.07, 6.45) is 1.90. The number of benzene rings is 2. The molecule has 2 aromatic carbocycles. The largest absolute Gasteiger partial charge is 0.324 e. The number of hydrogen-bond acceptors (Lipinski definition) is 1. The molecule has 0 bridgehead atoms. The highest BCUT2D eigenvalue weighted by molar-refractivity contribution is 6.31. The molecule has 0 heterocycles. The summed E-state index contributed by atoms with van der Waals surface area (Å²) in [5.74, 6) is 0. The van der Waals surface area contributed by atoms with E-state index in [-0.39, 0.29) is 6.04 Å². The smallest absolute Gasteiger partial charge is 0.0453 e. The summed E-state index contributed by atoms with van der Waals surface area (Å²) in [7, 11) is 0.